The topological polar surface area (TPSA) is 65.0 Å². The predicted molar refractivity (Wildman–Crippen MR) is 189 cm³/mol. The van der Waals surface area contributed by atoms with Crippen LogP contribution in [0.1, 0.15) is 122 Å². The minimum Gasteiger partial charge on any atom is -0.493 e. The quantitative estimate of drug-likeness (QED) is 0.0661. The lowest BCUT2D eigenvalue weighted by atomic mass is 10.1. The van der Waals surface area contributed by atoms with Gasteiger partial charge in [0.15, 0.2) is 5.06 Å². The van der Waals surface area contributed by atoms with Crippen molar-refractivity contribution in [2.24, 2.45) is 0 Å². The smallest absolute Gasteiger partial charge is 0.365 e. The predicted octanol–water partition coefficient (Wildman–Crippen LogP) is 11.9. The molecule has 0 saturated heterocycles. The largest absolute Gasteiger partial charge is 0.493 e. The third-order valence-electron chi connectivity index (χ3n) is 7.37. The van der Waals surface area contributed by atoms with E-state index in [1.54, 1.807) is 17.4 Å². The maximum Gasteiger partial charge on any atom is 0.365 e. The van der Waals surface area contributed by atoms with Gasteiger partial charge in [0.2, 0.25) is 0 Å². The molecule has 0 radical (unpaired) electrons. The molecular weight excluding hydrogens is 607 g/mol. The van der Waals surface area contributed by atoms with Crippen LogP contribution in [-0.4, -0.2) is 18.1 Å². The highest BCUT2D eigenvalue weighted by atomic mass is 32.1. The summed E-state index contributed by atoms with van der Waals surface area (Å²) in [4.78, 5) is 12.4. The van der Waals surface area contributed by atoms with Crippen molar-refractivity contribution in [2.45, 2.75) is 117 Å². The Balaban J connectivity index is 1.88. The third-order valence-corrected chi connectivity index (χ3v) is 9.94. The molecule has 0 aliphatic rings. The zero-order valence-electron chi connectivity index (χ0n) is 26.9. The molecule has 3 rings (SSSR count). The number of hydrogen-bond donors (Lipinski definition) is 1. The van der Waals surface area contributed by atoms with Crippen LogP contribution in [0.4, 0.5) is 0 Å². The average molecular weight is 659 g/mol. The lowest BCUT2D eigenvalue weighted by Gasteiger charge is -2.17. The van der Waals surface area contributed by atoms with Gasteiger partial charge in [0.25, 0.3) is 0 Å². The van der Waals surface area contributed by atoms with Gasteiger partial charge < -0.3 is 18.9 Å². The van der Waals surface area contributed by atoms with E-state index in [1.165, 1.54) is 69.1 Å². The van der Waals surface area contributed by atoms with Crippen LogP contribution in [0.25, 0.3) is 20.9 Å². The summed E-state index contributed by atoms with van der Waals surface area (Å²) in [5, 5.41) is 0.411. The number of ether oxygens (including phenoxy) is 2. The van der Waals surface area contributed by atoms with E-state index >= 15 is 0 Å². The SMILES string of the molecule is CCCCCCCCC#Cc1ccc(-c2cc(OCCCCCC)c(-c3ccc(O[PH](=O)O)s3)cc2OCCCCCC)s1. The first-order valence-electron chi connectivity index (χ1n) is 16.6. The summed E-state index contributed by atoms with van der Waals surface area (Å²) in [6.07, 6.45) is 17.6. The zero-order valence-corrected chi connectivity index (χ0v) is 29.5. The highest BCUT2D eigenvalue weighted by Crippen LogP contribution is 2.46. The van der Waals surface area contributed by atoms with Crippen LogP contribution in [-0.2, 0) is 4.57 Å². The van der Waals surface area contributed by atoms with Crippen LogP contribution in [0.5, 0.6) is 16.6 Å². The molecule has 242 valence electrons. The van der Waals surface area contributed by atoms with Gasteiger partial charge in [-0.3, -0.25) is 0 Å². The Morgan fingerprint density at radius 2 is 1.20 bits per heavy atom. The van der Waals surface area contributed by atoms with Crippen molar-refractivity contribution in [3.63, 3.8) is 0 Å². The van der Waals surface area contributed by atoms with E-state index in [9.17, 15) is 9.46 Å². The number of thiophene rings is 2. The molecule has 44 heavy (non-hydrogen) atoms. The van der Waals surface area contributed by atoms with Crippen molar-refractivity contribution in [1.82, 2.24) is 0 Å². The van der Waals surface area contributed by atoms with Gasteiger partial charge in [0, 0.05) is 27.3 Å². The Morgan fingerprint density at radius 3 is 1.80 bits per heavy atom. The van der Waals surface area contributed by atoms with Gasteiger partial charge in [-0.15, -0.1) is 11.3 Å². The van der Waals surface area contributed by atoms with Gasteiger partial charge in [0.1, 0.15) is 11.5 Å². The minimum absolute atomic E-state index is 0.411. The first-order valence-corrected chi connectivity index (χ1v) is 19.5. The molecule has 0 aliphatic heterocycles. The fourth-order valence-electron chi connectivity index (χ4n) is 4.90. The second-order valence-electron chi connectivity index (χ2n) is 11.1. The molecule has 0 amide bonds. The summed E-state index contributed by atoms with van der Waals surface area (Å²) in [7, 11) is -3.08. The second kappa shape index (κ2) is 21.5. The highest BCUT2D eigenvalue weighted by molar-refractivity contribution is 7.33. The van der Waals surface area contributed by atoms with E-state index < -0.39 is 8.25 Å². The van der Waals surface area contributed by atoms with E-state index in [0.717, 1.165) is 75.8 Å². The molecule has 0 fully saturated rings. The van der Waals surface area contributed by atoms with Gasteiger partial charge in [-0.25, -0.2) is 4.57 Å². The molecule has 5 nitrogen and oxygen atoms in total. The first-order chi connectivity index (χ1) is 21.5. The van der Waals surface area contributed by atoms with Crippen LogP contribution >= 0.6 is 30.9 Å². The molecule has 1 aromatic carbocycles. The number of benzene rings is 1. The maximum atomic E-state index is 11.3. The summed E-state index contributed by atoms with van der Waals surface area (Å²) in [6, 6.07) is 12.1. The normalized spacial score (nSPS) is 11.6. The third kappa shape index (κ3) is 13.0. The van der Waals surface area contributed by atoms with Crippen LogP contribution in [0, 0.1) is 11.8 Å². The lowest BCUT2D eigenvalue weighted by Crippen LogP contribution is -2.02. The Bertz CT molecular complexity index is 1320. The standard InChI is InChI=1S/C36H51O5PS2/c1-4-7-10-13-14-15-16-17-20-29-21-22-34(43-29)30-27-33(40-26-19-12-9-6-3)31(28-32(30)39-25-18-11-8-5-2)35-23-24-36(44-35)41-42(37)38/h21-24,27-28,42H,4-16,18-19,25-26H2,1-3H3,(H,37,38). The fourth-order valence-corrected chi connectivity index (χ4v) is 7.19. The van der Waals surface area contributed by atoms with Gasteiger partial charge in [0.05, 0.1) is 18.1 Å². The molecular formula is C36H51O5PS2. The number of unbranched alkanes of at least 4 members (excludes halogenated alkanes) is 12. The monoisotopic (exact) mass is 658 g/mol. The molecule has 0 aliphatic carbocycles. The van der Waals surface area contributed by atoms with E-state index in [2.05, 4.69) is 56.9 Å². The molecule has 1 atom stereocenters. The summed E-state index contributed by atoms with van der Waals surface area (Å²) >= 11 is 3.03. The summed E-state index contributed by atoms with van der Waals surface area (Å²) in [5.74, 6) is 8.37. The van der Waals surface area contributed by atoms with E-state index in [0.29, 0.717) is 18.3 Å². The molecule has 2 heterocycles. The summed E-state index contributed by atoms with van der Waals surface area (Å²) in [6.45, 7) is 7.94. The molecule has 8 heteroatoms. The van der Waals surface area contributed by atoms with Crippen molar-refractivity contribution in [3.05, 3.63) is 41.3 Å². The first kappa shape index (κ1) is 36.2. The maximum absolute atomic E-state index is 11.3. The summed E-state index contributed by atoms with van der Waals surface area (Å²) < 4.78 is 29.3. The fraction of sp³-hybridized carbons (Fsp3) is 0.556. The minimum atomic E-state index is -3.08. The molecule has 1 unspecified atom stereocenters. The lowest BCUT2D eigenvalue weighted by molar-refractivity contribution is 0.299. The van der Waals surface area contributed by atoms with Gasteiger partial charge in [-0.05, 0) is 55.7 Å². The van der Waals surface area contributed by atoms with Crippen LogP contribution in [0.15, 0.2) is 36.4 Å². The van der Waals surface area contributed by atoms with Crippen molar-refractivity contribution in [3.8, 4) is 49.3 Å². The molecule has 3 aromatic rings. The Labute approximate surface area is 274 Å². The molecule has 2 aromatic heterocycles. The van der Waals surface area contributed by atoms with Crippen molar-refractivity contribution in [1.29, 1.82) is 0 Å². The zero-order chi connectivity index (χ0) is 31.4. The molecule has 1 N–H and O–H groups in total. The van der Waals surface area contributed by atoms with Crippen LogP contribution < -0.4 is 14.0 Å². The van der Waals surface area contributed by atoms with Crippen LogP contribution in [0.2, 0.25) is 0 Å². The molecule has 0 bridgehead atoms. The summed E-state index contributed by atoms with van der Waals surface area (Å²) in [5.41, 5.74) is 1.91. The Kier molecular flexibility index (Phi) is 17.7. The molecule has 0 saturated carbocycles. The van der Waals surface area contributed by atoms with Crippen molar-refractivity contribution < 1.29 is 23.5 Å². The van der Waals surface area contributed by atoms with Crippen LogP contribution in [0.3, 0.4) is 0 Å². The second-order valence-corrected chi connectivity index (χ2v) is 14.0. The molecule has 0 spiro atoms. The Morgan fingerprint density at radius 1 is 0.682 bits per heavy atom. The van der Waals surface area contributed by atoms with Crippen molar-refractivity contribution in [2.75, 3.05) is 13.2 Å². The van der Waals surface area contributed by atoms with Gasteiger partial charge in [-0.2, -0.15) is 0 Å². The van der Waals surface area contributed by atoms with Gasteiger partial charge >= 0.3 is 8.25 Å². The average Bonchev–Trinajstić information content (AvgIpc) is 3.68. The van der Waals surface area contributed by atoms with Gasteiger partial charge in [-0.1, -0.05) is 115 Å². The van der Waals surface area contributed by atoms with E-state index in [4.69, 9.17) is 14.0 Å². The number of hydrogen-bond acceptors (Lipinski definition) is 6. The van der Waals surface area contributed by atoms with E-state index in [1.807, 2.05) is 6.07 Å². The Hall–Kier alpha value is -2.23. The van der Waals surface area contributed by atoms with Crippen molar-refractivity contribution >= 4 is 30.9 Å². The van der Waals surface area contributed by atoms with E-state index in [-0.39, 0.29) is 0 Å². The highest BCUT2D eigenvalue weighted by Gasteiger charge is 2.19. The number of rotatable bonds is 22.